The van der Waals surface area contributed by atoms with Crippen LogP contribution in [0.4, 0.5) is 10.8 Å². The second-order valence-electron chi connectivity index (χ2n) is 4.58. The number of hydrogen-bond donors (Lipinski definition) is 1. The number of rotatable bonds is 6. The molecule has 9 heteroatoms. The van der Waals surface area contributed by atoms with Gasteiger partial charge in [0, 0.05) is 17.7 Å². The summed E-state index contributed by atoms with van der Waals surface area (Å²) in [7, 11) is 0. The van der Waals surface area contributed by atoms with Crippen molar-refractivity contribution in [2.24, 2.45) is 0 Å². The smallest absolute Gasteiger partial charge is 0.350 e. The summed E-state index contributed by atoms with van der Waals surface area (Å²) in [6, 6.07) is 5.15. The molecule has 0 saturated heterocycles. The molecule has 2 rings (SSSR count). The molecule has 1 aromatic carbocycles. The quantitative estimate of drug-likeness (QED) is 0.372. The highest BCUT2D eigenvalue weighted by molar-refractivity contribution is 7.17. The third-order valence-electron chi connectivity index (χ3n) is 2.88. The van der Waals surface area contributed by atoms with Crippen LogP contribution >= 0.6 is 11.3 Å². The zero-order chi connectivity index (χ0) is 17.7. The minimum atomic E-state index is -0.549. The average Bonchev–Trinajstić information content (AvgIpc) is 2.93. The maximum atomic E-state index is 12.1. The van der Waals surface area contributed by atoms with Crippen molar-refractivity contribution in [3.63, 3.8) is 0 Å². The number of hydrogen-bond acceptors (Lipinski definition) is 7. The van der Waals surface area contributed by atoms with Gasteiger partial charge in [-0.2, -0.15) is 0 Å². The van der Waals surface area contributed by atoms with Crippen molar-refractivity contribution in [2.45, 2.75) is 6.92 Å². The van der Waals surface area contributed by atoms with E-state index in [9.17, 15) is 19.7 Å². The fourth-order valence-corrected chi connectivity index (χ4v) is 2.60. The van der Waals surface area contributed by atoms with E-state index in [2.05, 4.69) is 16.9 Å². The Morgan fingerprint density at radius 1 is 1.42 bits per heavy atom. The Balaban J connectivity index is 2.10. The van der Waals surface area contributed by atoms with E-state index in [0.717, 1.165) is 11.3 Å². The van der Waals surface area contributed by atoms with E-state index in [1.807, 2.05) is 0 Å². The highest BCUT2D eigenvalue weighted by atomic mass is 32.1. The number of non-ortho nitro benzene ring substituents is 1. The molecular formula is C15H13N3O5S. The molecule has 0 radical (unpaired) electrons. The summed E-state index contributed by atoms with van der Waals surface area (Å²) in [6.07, 6.45) is 1.45. The molecule has 0 bridgehead atoms. The molecule has 2 aromatic rings. The van der Waals surface area contributed by atoms with Gasteiger partial charge in [-0.1, -0.05) is 24.0 Å². The molecule has 124 valence electrons. The van der Waals surface area contributed by atoms with E-state index in [1.165, 1.54) is 30.3 Å². The molecule has 1 heterocycles. The number of ether oxygens (including phenoxy) is 1. The van der Waals surface area contributed by atoms with E-state index in [4.69, 9.17) is 4.74 Å². The number of nitrogens with zero attached hydrogens (tertiary/aromatic N) is 2. The number of amides is 1. The maximum absolute atomic E-state index is 12.1. The number of esters is 1. The van der Waals surface area contributed by atoms with Crippen LogP contribution in [0.2, 0.25) is 0 Å². The van der Waals surface area contributed by atoms with Gasteiger partial charge in [0.25, 0.3) is 11.6 Å². The van der Waals surface area contributed by atoms with Crippen LogP contribution in [0.25, 0.3) is 0 Å². The summed E-state index contributed by atoms with van der Waals surface area (Å²) >= 11 is 0.989. The van der Waals surface area contributed by atoms with Gasteiger partial charge in [-0.15, -0.1) is 0 Å². The Labute approximate surface area is 140 Å². The van der Waals surface area contributed by atoms with E-state index in [1.54, 1.807) is 6.92 Å². The first-order valence-corrected chi connectivity index (χ1v) is 7.55. The lowest BCUT2D eigenvalue weighted by Gasteiger charge is -2.01. The van der Waals surface area contributed by atoms with Crippen LogP contribution in [0.5, 0.6) is 0 Å². The van der Waals surface area contributed by atoms with Crippen LogP contribution in [-0.2, 0) is 4.74 Å². The number of aromatic nitrogens is 1. The molecule has 24 heavy (non-hydrogen) atoms. The van der Waals surface area contributed by atoms with Gasteiger partial charge in [0.2, 0.25) is 0 Å². The van der Waals surface area contributed by atoms with Crippen LogP contribution < -0.4 is 5.32 Å². The highest BCUT2D eigenvalue weighted by Crippen LogP contribution is 2.24. The number of benzene rings is 1. The summed E-state index contributed by atoms with van der Waals surface area (Å²) in [5, 5.41) is 13.4. The lowest BCUT2D eigenvalue weighted by Crippen LogP contribution is -2.11. The van der Waals surface area contributed by atoms with Crippen LogP contribution in [-0.4, -0.2) is 28.4 Å². The maximum Gasteiger partial charge on any atom is 0.350 e. The van der Waals surface area contributed by atoms with Crippen LogP contribution in [0.1, 0.15) is 25.7 Å². The lowest BCUT2D eigenvalue weighted by molar-refractivity contribution is -0.384. The SMILES string of the molecule is C=CCOC(=O)c1sc(NC(=O)c2ccc([N+](=O)[O-])cc2)nc1C. The number of nitro benzene ring substituents is 1. The summed E-state index contributed by atoms with van der Waals surface area (Å²) in [4.78, 5) is 38.4. The first-order chi connectivity index (χ1) is 11.4. The first kappa shape index (κ1) is 17.3. The molecule has 1 aromatic heterocycles. The Hall–Kier alpha value is -3.07. The summed E-state index contributed by atoms with van der Waals surface area (Å²) < 4.78 is 4.93. The number of carbonyl (C=O) groups excluding carboxylic acids is 2. The molecule has 8 nitrogen and oxygen atoms in total. The molecule has 0 aliphatic carbocycles. The zero-order valence-corrected chi connectivity index (χ0v) is 13.5. The predicted molar refractivity (Wildman–Crippen MR) is 88.4 cm³/mol. The average molecular weight is 347 g/mol. The van der Waals surface area contributed by atoms with Gasteiger partial charge in [0.05, 0.1) is 10.6 Å². The van der Waals surface area contributed by atoms with Gasteiger partial charge in [-0.25, -0.2) is 9.78 Å². The number of thiazole rings is 1. The largest absolute Gasteiger partial charge is 0.457 e. The first-order valence-electron chi connectivity index (χ1n) is 6.73. The summed E-state index contributed by atoms with van der Waals surface area (Å²) in [6.45, 7) is 5.17. The van der Waals surface area contributed by atoms with Gasteiger partial charge in [0.15, 0.2) is 5.13 Å². The van der Waals surface area contributed by atoms with E-state index in [-0.39, 0.29) is 27.9 Å². The zero-order valence-electron chi connectivity index (χ0n) is 12.6. The molecule has 0 atom stereocenters. The van der Waals surface area contributed by atoms with Crippen molar-refractivity contribution in [3.8, 4) is 0 Å². The van der Waals surface area contributed by atoms with Crippen molar-refractivity contribution >= 4 is 34.0 Å². The van der Waals surface area contributed by atoms with Crippen LogP contribution in [0.3, 0.4) is 0 Å². The van der Waals surface area contributed by atoms with Crippen molar-refractivity contribution < 1.29 is 19.2 Å². The molecule has 0 aliphatic heterocycles. The normalized spacial score (nSPS) is 10.0. The number of anilines is 1. The minimum Gasteiger partial charge on any atom is -0.457 e. The van der Waals surface area contributed by atoms with Gasteiger partial charge in [0.1, 0.15) is 11.5 Å². The Kier molecular flexibility index (Phi) is 5.38. The van der Waals surface area contributed by atoms with E-state index >= 15 is 0 Å². The van der Waals surface area contributed by atoms with E-state index in [0.29, 0.717) is 5.69 Å². The number of aryl methyl sites for hydroxylation is 1. The van der Waals surface area contributed by atoms with E-state index < -0.39 is 16.8 Å². The predicted octanol–water partition coefficient (Wildman–Crippen LogP) is 2.95. The van der Waals surface area contributed by atoms with Crippen molar-refractivity contribution in [3.05, 3.63) is 63.2 Å². The Bertz CT molecular complexity index is 798. The number of nitro groups is 1. The minimum absolute atomic E-state index is 0.0840. The van der Waals surface area contributed by atoms with Crippen molar-refractivity contribution in [2.75, 3.05) is 11.9 Å². The topological polar surface area (TPSA) is 111 Å². The lowest BCUT2D eigenvalue weighted by atomic mass is 10.2. The molecule has 0 aliphatic rings. The molecule has 1 N–H and O–H groups in total. The highest BCUT2D eigenvalue weighted by Gasteiger charge is 2.18. The van der Waals surface area contributed by atoms with Gasteiger partial charge in [-0.05, 0) is 19.1 Å². The van der Waals surface area contributed by atoms with Gasteiger partial charge in [-0.3, -0.25) is 20.2 Å². The fraction of sp³-hybridized carbons (Fsp3) is 0.133. The van der Waals surface area contributed by atoms with Crippen LogP contribution in [0.15, 0.2) is 36.9 Å². The van der Waals surface area contributed by atoms with Crippen LogP contribution in [0, 0.1) is 17.0 Å². The second-order valence-corrected chi connectivity index (χ2v) is 5.58. The summed E-state index contributed by atoms with van der Waals surface area (Å²) in [5.41, 5.74) is 0.571. The van der Waals surface area contributed by atoms with Crippen molar-refractivity contribution in [1.82, 2.24) is 4.98 Å². The second kappa shape index (κ2) is 7.47. The third-order valence-corrected chi connectivity index (χ3v) is 3.93. The fourth-order valence-electron chi connectivity index (χ4n) is 1.74. The molecule has 0 unspecified atom stereocenters. The molecule has 0 saturated carbocycles. The molecule has 1 amide bonds. The third kappa shape index (κ3) is 4.02. The number of carbonyl (C=O) groups is 2. The molecule has 0 fully saturated rings. The van der Waals surface area contributed by atoms with Crippen molar-refractivity contribution in [1.29, 1.82) is 0 Å². The standard InChI is InChI=1S/C15H13N3O5S/c1-3-8-23-14(20)12-9(2)16-15(24-12)17-13(19)10-4-6-11(7-5-10)18(21)22/h3-7H,1,8H2,2H3,(H,16,17,19). The Morgan fingerprint density at radius 2 is 2.08 bits per heavy atom. The Morgan fingerprint density at radius 3 is 2.67 bits per heavy atom. The summed E-state index contributed by atoms with van der Waals surface area (Å²) in [5.74, 6) is -1.02. The van der Waals surface area contributed by atoms with Gasteiger partial charge >= 0.3 is 5.97 Å². The molecular weight excluding hydrogens is 334 g/mol. The number of nitrogens with one attached hydrogen (secondary N) is 1. The van der Waals surface area contributed by atoms with Gasteiger partial charge < -0.3 is 4.74 Å². The monoisotopic (exact) mass is 347 g/mol. The molecule has 0 spiro atoms.